The summed E-state index contributed by atoms with van der Waals surface area (Å²) in [6.45, 7) is 0. The molecule has 0 atom stereocenters. The molecular formula is C15H12F2N2O3. The molecule has 0 saturated carbocycles. The van der Waals surface area contributed by atoms with Crippen molar-refractivity contribution < 1.29 is 23.1 Å². The summed E-state index contributed by atoms with van der Waals surface area (Å²) in [5.41, 5.74) is -0.0458. The van der Waals surface area contributed by atoms with Crippen LogP contribution in [0.3, 0.4) is 0 Å². The number of hydrogen-bond donors (Lipinski definition) is 2. The summed E-state index contributed by atoms with van der Waals surface area (Å²) >= 11 is 0. The highest BCUT2D eigenvalue weighted by Crippen LogP contribution is 2.16. The molecule has 2 amide bonds. The molecule has 2 aromatic rings. The summed E-state index contributed by atoms with van der Waals surface area (Å²) in [4.78, 5) is 23.4. The molecule has 0 heterocycles. The minimum atomic E-state index is -1.11. The number of nitrogens with one attached hydrogen (secondary N) is 2. The van der Waals surface area contributed by atoms with E-state index in [1.54, 1.807) is 12.1 Å². The van der Waals surface area contributed by atoms with Gasteiger partial charge in [-0.2, -0.15) is 0 Å². The number of methoxy groups -OCH3 is 1. The molecule has 0 aliphatic carbocycles. The highest BCUT2D eigenvalue weighted by molar-refractivity contribution is 6.43. The monoisotopic (exact) mass is 306 g/mol. The second kappa shape index (κ2) is 6.66. The van der Waals surface area contributed by atoms with Gasteiger partial charge in [-0.3, -0.25) is 9.59 Å². The Labute approximate surface area is 124 Å². The molecule has 0 radical (unpaired) electrons. The van der Waals surface area contributed by atoms with Crippen molar-refractivity contribution in [1.82, 2.24) is 0 Å². The van der Waals surface area contributed by atoms with Crippen molar-refractivity contribution in [3.8, 4) is 5.75 Å². The van der Waals surface area contributed by atoms with Crippen LogP contribution in [-0.4, -0.2) is 18.9 Å². The SMILES string of the molecule is COc1ccc(NC(=O)C(=O)Nc2cc(F)ccc2F)cc1. The number of carbonyl (C=O) groups is 2. The standard InChI is InChI=1S/C15H12F2N2O3/c1-22-11-5-3-10(4-6-11)18-14(20)15(21)19-13-8-9(16)2-7-12(13)17/h2-8H,1H3,(H,18,20)(H,19,21). The van der Waals surface area contributed by atoms with Crippen LogP contribution in [0, 0.1) is 11.6 Å². The lowest BCUT2D eigenvalue weighted by molar-refractivity contribution is -0.133. The van der Waals surface area contributed by atoms with E-state index >= 15 is 0 Å². The Morgan fingerprint density at radius 2 is 1.59 bits per heavy atom. The third-order valence-electron chi connectivity index (χ3n) is 2.73. The molecule has 0 aromatic heterocycles. The van der Waals surface area contributed by atoms with Crippen molar-refractivity contribution in [3.63, 3.8) is 0 Å². The molecule has 22 heavy (non-hydrogen) atoms. The fourth-order valence-corrected chi connectivity index (χ4v) is 1.63. The summed E-state index contributed by atoms with van der Waals surface area (Å²) in [6.07, 6.45) is 0. The maximum Gasteiger partial charge on any atom is 0.314 e. The van der Waals surface area contributed by atoms with Crippen LogP contribution in [0.2, 0.25) is 0 Å². The van der Waals surface area contributed by atoms with Crippen LogP contribution in [0.25, 0.3) is 0 Å². The lowest BCUT2D eigenvalue weighted by atomic mass is 10.3. The summed E-state index contributed by atoms with van der Waals surface area (Å²) in [6, 6.07) is 8.81. The zero-order valence-electron chi connectivity index (χ0n) is 11.5. The number of rotatable bonds is 3. The van der Waals surface area contributed by atoms with E-state index in [2.05, 4.69) is 5.32 Å². The van der Waals surface area contributed by atoms with Crippen molar-refractivity contribution in [2.45, 2.75) is 0 Å². The lowest BCUT2D eigenvalue weighted by Crippen LogP contribution is -2.29. The van der Waals surface area contributed by atoms with Crippen LogP contribution in [0.4, 0.5) is 20.2 Å². The van der Waals surface area contributed by atoms with Gasteiger partial charge in [-0.1, -0.05) is 0 Å². The third kappa shape index (κ3) is 3.78. The minimum Gasteiger partial charge on any atom is -0.497 e. The Bertz CT molecular complexity index is 702. The molecule has 114 valence electrons. The average molecular weight is 306 g/mol. The number of benzene rings is 2. The fraction of sp³-hybridized carbons (Fsp3) is 0.0667. The van der Waals surface area contributed by atoms with E-state index < -0.39 is 29.1 Å². The number of amides is 2. The molecule has 0 aliphatic rings. The van der Waals surface area contributed by atoms with Crippen molar-refractivity contribution in [3.05, 3.63) is 54.1 Å². The van der Waals surface area contributed by atoms with Gasteiger partial charge in [-0.15, -0.1) is 0 Å². The first-order chi connectivity index (χ1) is 10.5. The Kier molecular flexibility index (Phi) is 4.67. The van der Waals surface area contributed by atoms with Gasteiger partial charge in [-0.25, -0.2) is 8.78 Å². The van der Waals surface area contributed by atoms with Crippen LogP contribution in [0.15, 0.2) is 42.5 Å². The molecule has 0 spiro atoms. The van der Waals surface area contributed by atoms with Gasteiger partial charge in [0.05, 0.1) is 12.8 Å². The molecule has 7 heteroatoms. The normalized spacial score (nSPS) is 9.95. The van der Waals surface area contributed by atoms with Crippen LogP contribution in [0.5, 0.6) is 5.75 Å². The van der Waals surface area contributed by atoms with Crippen molar-refractivity contribution in [2.75, 3.05) is 17.7 Å². The molecule has 0 bridgehead atoms. The molecule has 0 aliphatic heterocycles. The van der Waals surface area contributed by atoms with Crippen molar-refractivity contribution >= 4 is 23.2 Å². The molecular weight excluding hydrogens is 294 g/mol. The molecule has 2 rings (SSSR count). The second-order valence-electron chi connectivity index (χ2n) is 4.26. The van der Waals surface area contributed by atoms with Gasteiger partial charge in [0, 0.05) is 11.8 Å². The quantitative estimate of drug-likeness (QED) is 0.856. The van der Waals surface area contributed by atoms with Gasteiger partial charge >= 0.3 is 11.8 Å². The van der Waals surface area contributed by atoms with E-state index in [1.807, 2.05) is 5.32 Å². The number of carbonyl (C=O) groups excluding carboxylic acids is 2. The Balaban J connectivity index is 2.02. The smallest absolute Gasteiger partial charge is 0.314 e. The maximum atomic E-state index is 13.4. The van der Waals surface area contributed by atoms with Crippen LogP contribution in [-0.2, 0) is 9.59 Å². The van der Waals surface area contributed by atoms with Gasteiger partial charge < -0.3 is 15.4 Å². The first-order valence-electron chi connectivity index (χ1n) is 6.21. The third-order valence-corrected chi connectivity index (χ3v) is 2.73. The maximum absolute atomic E-state index is 13.4. The van der Waals surface area contributed by atoms with Crippen LogP contribution < -0.4 is 15.4 Å². The minimum absolute atomic E-state index is 0.362. The second-order valence-corrected chi connectivity index (χ2v) is 4.26. The van der Waals surface area contributed by atoms with Gasteiger partial charge in [0.25, 0.3) is 0 Å². The number of halogens is 2. The van der Waals surface area contributed by atoms with E-state index in [4.69, 9.17) is 4.74 Å². The highest BCUT2D eigenvalue weighted by Gasteiger charge is 2.16. The molecule has 2 N–H and O–H groups in total. The zero-order chi connectivity index (χ0) is 16.1. The number of hydrogen-bond acceptors (Lipinski definition) is 3. The van der Waals surface area contributed by atoms with Gasteiger partial charge in [0.15, 0.2) is 0 Å². The highest BCUT2D eigenvalue weighted by atomic mass is 19.1. The lowest BCUT2D eigenvalue weighted by Gasteiger charge is -2.08. The molecule has 0 unspecified atom stereocenters. The summed E-state index contributed by atoms with van der Waals surface area (Å²) in [5.74, 6) is -3.10. The van der Waals surface area contributed by atoms with Crippen molar-refractivity contribution in [1.29, 1.82) is 0 Å². The topological polar surface area (TPSA) is 67.4 Å². The Hall–Kier alpha value is -2.96. The zero-order valence-corrected chi connectivity index (χ0v) is 11.5. The first-order valence-corrected chi connectivity index (χ1v) is 6.21. The van der Waals surface area contributed by atoms with E-state index in [0.717, 1.165) is 18.2 Å². The van der Waals surface area contributed by atoms with Crippen molar-refractivity contribution in [2.24, 2.45) is 0 Å². The summed E-state index contributed by atoms with van der Waals surface area (Å²) in [5, 5.41) is 4.33. The fourth-order valence-electron chi connectivity index (χ4n) is 1.63. The van der Waals surface area contributed by atoms with Gasteiger partial charge in [0.1, 0.15) is 17.4 Å². The average Bonchev–Trinajstić information content (AvgIpc) is 2.51. The number of ether oxygens (including phenoxy) is 1. The first kappa shape index (κ1) is 15.4. The number of anilines is 2. The Morgan fingerprint density at radius 1 is 0.955 bits per heavy atom. The van der Waals surface area contributed by atoms with Crippen LogP contribution in [0.1, 0.15) is 0 Å². The van der Waals surface area contributed by atoms with Gasteiger partial charge in [0.2, 0.25) is 0 Å². The van der Waals surface area contributed by atoms with E-state index in [-0.39, 0.29) is 0 Å². The predicted molar refractivity (Wildman–Crippen MR) is 76.6 cm³/mol. The Morgan fingerprint density at radius 3 is 2.23 bits per heavy atom. The van der Waals surface area contributed by atoms with Crippen LogP contribution >= 0.6 is 0 Å². The largest absolute Gasteiger partial charge is 0.497 e. The molecule has 2 aromatic carbocycles. The summed E-state index contributed by atoms with van der Waals surface area (Å²) in [7, 11) is 1.49. The van der Waals surface area contributed by atoms with E-state index in [1.165, 1.54) is 19.2 Å². The van der Waals surface area contributed by atoms with Gasteiger partial charge in [-0.05, 0) is 36.4 Å². The molecule has 5 nitrogen and oxygen atoms in total. The van der Waals surface area contributed by atoms with E-state index in [9.17, 15) is 18.4 Å². The molecule has 0 fully saturated rings. The predicted octanol–water partition coefficient (Wildman–Crippen LogP) is 2.55. The van der Waals surface area contributed by atoms with E-state index in [0.29, 0.717) is 11.4 Å². The molecule has 0 saturated heterocycles. The summed E-state index contributed by atoms with van der Waals surface area (Å²) < 4.78 is 31.3.